The number of aliphatic hydroxyl groups is 1. The molecule has 0 amide bonds. The third-order valence-electron chi connectivity index (χ3n) is 4.13. The maximum absolute atomic E-state index is 14.5. The highest BCUT2D eigenvalue weighted by Crippen LogP contribution is 2.31. The van der Waals surface area contributed by atoms with Gasteiger partial charge in [-0.3, -0.25) is 10.4 Å². The molecule has 136 valence electrons. The summed E-state index contributed by atoms with van der Waals surface area (Å²) >= 11 is 1.31. The number of nitrogens with zero attached hydrogens (tertiary/aromatic N) is 4. The van der Waals surface area contributed by atoms with Crippen molar-refractivity contribution in [3.63, 3.8) is 0 Å². The molecule has 0 aliphatic carbocycles. The molecule has 0 unspecified atom stereocenters. The summed E-state index contributed by atoms with van der Waals surface area (Å²) in [6.45, 7) is 7.48. The highest BCUT2D eigenvalue weighted by molar-refractivity contribution is 7.99. The van der Waals surface area contributed by atoms with Crippen molar-refractivity contribution >= 4 is 11.8 Å². The molecule has 0 saturated carbocycles. The van der Waals surface area contributed by atoms with E-state index in [0.717, 1.165) is 0 Å². The zero-order valence-corrected chi connectivity index (χ0v) is 15.9. The van der Waals surface area contributed by atoms with Gasteiger partial charge in [-0.2, -0.15) is 5.26 Å². The van der Waals surface area contributed by atoms with Crippen LogP contribution in [0.15, 0.2) is 17.4 Å². The lowest BCUT2D eigenvalue weighted by atomic mass is 9.90. The van der Waals surface area contributed by atoms with Crippen LogP contribution in [0, 0.1) is 22.6 Å². The normalized spacial score (nSPS) is 19.7. The van der Waals surface area contributed by atoms with Gasteiger partial charge in [0, 0.05) is 22.9 Å². The Morgan fingerprint density at radius 1 is 1.46 bits per heavy atom. The number of hydrogen-bond acceptors (Lipinski definition) is 6. The van der Waals surface area contributed by atoms with E-state index < -0.39 is 16.8 Å². The molecule has 2 aromatic rings. The number of fused-ring (bicyclic) bond motifs is 1. The maximum Gasteiger partial charge on any atom is 0.170 e. The first-order chi connectivity index (χ1) is 12.0. The molecule has 8 heteroatoms. The van der Waals surface area contributed by atoms with Crippen LogP contribution in [0.4, 0.5) is 4.39 Å². The van der Waals surface area contributed by atoms with E-state index in [-0.39, 0.29) is 23.3 Å². The largest absolute Gasteiger partial charge is 0.387 e. The number of rotatable bonds is 1. The summed E-state index contributed by atoms with van der Waals surface area (Å²) in [4.78, 5) is 8.71. The third kappa shape index (κ3) is 3.24. The van der Waals surface area contributed by atoms with Gasteiger partial charge in [0.2, 0.25) is 0 Å². The second kappa shape index (κ2) is 6.18. The lowest BCUT2D eigenvalue weighted by Crippen LogP contribution is -2.42. The van der Waals surface area contributed by atoms with Crippen molar-refractivity contribution in [2.24, 2.45) is 0 Å². The lowest BCUT2D eigenvalue weighted by molar-refractivity contribution is 0.0575. The van der Waals surface area contributed by atoms with E-state index in [1.165, 1.54) is 28.6 Å². The van der Waals surface area contributed by atoms with Crippen molar-refractivity contribution < 1.29 is 9.50 Å². The first kappa shape index (κ1) is 18.5. The minimum atomic E-state index is -0.976. The fourth-order valence-corrected chi connectivity index (χ4v) is 3.85. The van der Waals surface area contributed by atoms with Gasteiger partial charge in [-0.15, -0.1) is 0 Å². The first-order valence-corrected chi connectivity index (χ1v) is 9.13. The first-order valence-electron chi connectivity index (χ1n) is 8.14. The van der Waals surface area contributed by atoms with Gasteiger partial charge in [0.05, 0.1) is 23.5 Å². The summed E-state index contributed by atoms with van der Waals surface area (Å²) in [5, 5.41) is 28.7. The molecule has 0 radical (unpaired) electrons. The van der Waals surface area contributed by atoms with E-state index in [1.54, 1.807) is 6.92 Å². The molecule has 1 aliphatic rings. The van der Waals surface area contributed by atoms with Gasteiger partial charge in [-0.25, -0.2) is 9.37 Å². The topological polar surface area (TPSA) is 98.6 Å². The summed E-state index contributed by atoms with van der Waals surface area (Å²) in [6.07, 6.45) is 1.49. The zero-order valence-electron chi connectivity index (χ0n) is 15.1. The summed E-state index contributed by atoms with van der Waals surface area (Å²) < 4.78 is 16.1. The number of nitrogens with one attached hydrogen (secondary N) is 1. The van der Waals surface area contributed by atoms with Crippen LogP contribution >= 0.6 is 11.8 Å². The van der Waals surface area contributed by atoms with Gasteiger partial charge in [-0.05, 0) is 13.0 Å². The second-order valence-corrected chi connectivity index (χ2v) is 8.70. The molecule has 3 heterocycles. The highest BCUT2D eigenvalue weighted by atomic mass is 32.2. The highest BCUT2D eigenvalue weighted by Gasteiger charge is 2.31. The van der Waals surface area contributed by atoms with Gasteiger partial charge in [0.25, 0.3) is 0 Å². The number of nitriles is 1. The molecule has 2 aromatic heterocycles. The van der Waals surface area contributed by atoms with Crippen LogP contribution in [0.2, 0.25) is 0 Å². The minimum absolute atomic E-state index is 0.0387. The van der Waals surface area contributed by atoms with Gasteiger partial charge in [0.15, 0.2) is 5.16 Å². The number of hydrogen-bond donors (Lipinski definition) is 2. The molecule has 1 atom stereocenters. The van der Waals surface area contributed by atoms with E-state index in [1.807, 2.05) is 26.8 Å². The fraction of sp³-hybridized carbons (Fsp3) is 0.444. The minimum Gasteiger partial charge on any atom is -0.387 e. The SMILES string of the molecule is CC(C)(C)c1ncc(-c2nc3n(c(=N)c2C#N)C[C@](C)(O)CS3)cc1F. The molecule has 3 rings (SSSR count). The van der Waals surface area contributed by atoms with Crippen molar-refractivity contribution in [2.75, 3.05) is 5.75 Å². The van der Waals surface area contributed by atoms with Crippen LogP contribution in [-0.2, 0) is 12.0 Å². The molecule has 26 heavy (non-hydrogen) atoms. The Labute approximate surface area is 155 Å². The average Bonchev–Trinajstić information content (AvgIpc) is 2.53. The Morgan fingerprint density at radius 2 is 2.15 bits per heavy atom. The van der Waals surface area contributed by atoms with Crippen molar-refractivity contribution in [3.05, 3.63) is 34.8 Å². The van der Waals surface area contributed by atoms with Gasteiger partial charge >= 0.3 is 0 Å². The molecule has 6 nitrogen and oxygen atoms in total. The number of thioether (sulfide) groups is 1. The number of pyridine rings is 1. The number of aromatic nitrogens is 3. The van der Waals surface area contributed by atoms with E-state index in [0.29, 0.717) is 22.2 Å². The molecule has 0 spiro atoms. The Balaban J connectivity index is 2.19. The van der Waals surface area contributed by atoms with Crippen LogP contribution in [0.3, 0.4) is 0 Å². The Hall–Kier alpha value is -2.24. The van der Waals surface area contributed by atoms with Crippen molar-refractivity contribution in [1.29, 1.82) is 10.7 Å². The van der Waals surface area contributed by atoms with Crippen LogP contribution < -0.4 is 5.49 Å². The second-order valence-electron chi connectivity index (χ2n) is 7.75. The molecular formula is C18H20FN5OS. The Kier molecular flexibility index (Phi) is 4.41. The molecule has 0 fully saturated rings. The molecule has 0 aromatic carbocycles. The third-order valence-corrected chi connectivity index (χ3v) is 5.47. The summed E-state index contributed by atoms with van der Waals surface area (Å²) in [5.74, 6) is -0.0337. The summed E-state index contributed by atoms with van der Waals surface area (Å²) in [7, 11) is 0. The predicted molar refractivity (Wildman–Crippen MR) is 96.0 cm³/mol. The maximum atomic E-state index is 14.5. The van der Waals surface area contributed by atoms with Crippen molar-refractivity contribution in [1.82, 2.24) is 14.5 Å². The van der Waals surface area contributed by atoms with Crippen molar-refractivity contribution in [3.8, 4) is 17.3 Å². The molecule has 0 bridgehead atoms. The fourth-order valence-electron chi connectivity index (χ4n) is 2.85. The van der Waals surface area contributed by atoms with Crippen LogP contribution in [0.25, 0.3) is 11.3 Å². The van der Waals surface area contributed by atoms with Crippen molar-refractivity contribution in [2.45, 2.75) is 50.4 Å². The Morgan fingerprint density at radius 3 is 2.73 bits per heavy atom. The van der Waals surface area contributed by atoms with E-state index in [2.05, 4.69) is 9.97 Å². The van der Waals surface area contributed by atoms with Crippen LogP contribution in [0.5, 0.6) is 0 Å². The van der Waals surface area contributed by atoms with E-state index in [4.69, 9.17) is 5.41 Å². The van der Waals surface area contributed by atoms with E-state index >= 15 is 0 Å². The Bertz CT molecular complexity index is 985. The smallest absolute Gasteiger partial charge is 0.170 e. The molecule has 0 saturated heterocycles. The van der Waals surface area contributed by atoms with E-state index in [9.17, 15) is 14.8 Å². The zero-order chi connectivity index (χ0) is 19.3. The van der Waals surface area contributed by atoms with Crippen LogP contribution in [-0.4, -0.2) is 31.0 Å². The predicted octanol–water partition coefficient (Wildman–Crippen LogP) is 2.59. The quantitative estimate of drug-likeness (QED) is 0.749. The molecular weight excluding hydrogens is 353 g/mol. The van der Waals surface area contributed by atoms with Gasteiger partial charge in [-0.1, -0.05) is 32.5 Å². The standard InChI is InChI=1S/C18H20FN5OS/c1-17(2,3)14-12(19)5-10(7-22-14)13-11(6-20)15(21)24-8-18(4,25)9-26-16(24)23-13/h5,7,21,25H,8-9H2,1-4H3/t18-/m0/s1. The van der Waals surface area contributed by atoms with Crippen LogP contribution in [0.1, 0.15) is 39.0 Å². The van der Waals surface area contributed by atoms with Gasteiger partial charge in [0.1, 0.15) is 22.9 Å². The number of halogens is 1. The average molecular weight is 373 g/mol. The molecule has 1 aliphatic heterocycles. The summed E-state index contributed by atoms with van der Waals surface area (Å²) in [5.41, 5.74) is -0.482. The lowest BCUT2D eigenvalue weighted by Gasteiger charge is -2.30. The summed E-state index contributed by atoms with van der Waals surface area (Å²) in [6, 6.07) is 3.31. The van der Waals surface area contributed by atoms with Gasteiger partial charge < -0.3 is 9.67 Å². The molecule has 2 N–H and O–H groups in total. The monoisotopic (exact) mass is 373 g/mol.